The lowest BCUT2D eigenvalue weighted by molar-refractivity contribution is -0.125. The van der Waals surface area contributed by atoms with E-state index in [0.29, 0.717) is 23.2 Å². The quantitative estimate of drug-likeness (QED) is 0.356. The van der Waals surface area contributed by atoms with Crippen LogP contribution in [0.4, 0.5) is 4.79 Å². The molecule has 3 atom stereocenters. The van der Waals surface area contributed by atoms with Gasteiger partial charge in [-0.15, -0.1) is 12.4 Å². The standard InChI is InChI=1S/C27H33N3O5.ClH/c1-16(2)14-20(29-27(34)35-15-19-12-8-9-13-28-19)26(33)30-23(17(3)4)25(32)22-21(24(22)31)18-10-6-5-7-11-18;/h5-13,16-17,20,23,25,32H,14-15H2,1-4H3,(H,29,34)(H,30,33);1H/t20-,23-,25-;/m0./s1. The molecule has 0 aliphatic heterocycles. The Labute approximate surface area is 217 Å². The van der Waals surface area contributed by atoms with E-state index in [1.165, 1.54) is 0 Å². The first-order valence-electron chi connectivity index (χ1n) is 11.8. The Morgan fingerprint density at radius 2 is 1.67 bits per heavy atom. The number of rotatable bonds is 11. The first kappa shape index (κ1) is 29.0. The van der Waals surface area contributed by atoms with Crippen LogP contribution in [-0.4, -0.2) is 34.2 Å². The third-order valence-electron chi connectivity index (χ3n) is 5.80. The molecule has 0 unspecified atom stereocenters. The van der Waals surface area contributed by atoms with Gasteiger partial charge in [-0.1, -0.05) is 64.1 Å². The maximum Gasteiger partial charge on any atom is 0.408 e. The summed E-state index contributed by atoms with van der Waals surface area (Å²) in [5.41, 5.74) is 1.95. The molecule has 3 rings (SSSR count). The number of aromatic nitrogens is 1. The van der Waals surface area contributed by atoms with Crippen LogP contribution in [0.5, 0.6) is 0 Å². The third kappa shape index (κ3) is 7.63. The average Bonchev–Trinajstić information content (AvgIpc) is 3.51. The van der Waals surface area contributed by atoms with Gasteiger partial charge >= 0.3 is 6.09 Å². The highest BCUT2D eigenvalue weighted by Crippen LogP contribution is 2.33. The largest absolute Gasteiger partial charge is 0.443 e. The topological polar surface area (TPSA) is 118 Å². The van der Waals surface area contributed by atoms with Crippen LogP contribution >= 0.6 is 12.4 Å². The van der Waals surface area contributed by atoms with Crippen molar-refractivity contribution in [3.63, 3.8) is 0 Å². The fraction of sp³-hybridized carbons (Fsp3) is 0.407. The lowest BCUT2D eigenvalue weighted by Gasteiger charge is -2.29. The maximum absolute atomic E-state index is 13.2. The number of halogens is 1. The highest BCUT2D eigenvalue weighted by atomic mass is 35.5. The van der Waals surface area contributed by atoms with Crippen molar-refractivity contribution in [1.29, 1.82) is 0 Å². The molecule has 0 aliphatic carbocycles. The summed E-state index contributed by atoms with van der Waals surface area (Å²) in [6.07, 6.45) is 0.0937. The fourth-order valence-corrected chi connectivity index (χ4v) is 3.92. The van der Waals surface area contributed by atoms with E-state index in [9.17, 15) is 19.5 Å². The summed E-state index contributed by atoms with van der Waals surface area (Å²) in [4.78, 5) is 42.1. The van der Waals surface area contributed by atoms with Gasteiger partial charge in [0.25, 0.3) is 0 Å². The molecule has 36 heavy (non-hydrogen) atoms. The summed E-state index contributed by atoms with van der Waals surface area (Å²) in [7, 11) is 0. The van der Waals surface area contributed by atoms with Crippen molar-refractivity contribution in [3.05, 3.63) is 76.2 Å². The smallest absolute Gasteiger partial charge is 0.408 e. The summed E-state index contributed by atoms with van der Waals surface area (Å²) in [5, 5.41) is 16.5. The second-order valence-electron chi connectivity index (χ2n) is 9.43. The second kappa shape index (κ2) is 13.2. The van der Waals surface area contributed by atoms with E-state index in [2.05, 4.69) is 15.6 Å². The van der Waals surface area contributed by atoms with Crippen LogP contribution in [0.25, 0.3) is 11.1 Å². The Morgan fingerprint density at radius 1 is 1.00 bits per heavy atom. The molecule has 0 spiro atoms. The van der Waals surface area contributed by atoms with Crippen molar-refractivity contribution >= 4 is 24.4 Å². The molecule has 2 amide bonds. The van der Waals surface area contributed by atoms with Crippen molar-refractivity contribution in [2.24, 2.45) is 11.8 Å². The molecular formula is C27H34ClN3O5. The van der Waals surface area contributed by atoms with Crippen molar-refractivity contribution in [3.8, 4) is 11.1 Å². The Balaban J connectivity index is 0.00000456. The van der Waals surface area contributed by atoms with Crippen molar-refractivity contribution < 1.29 is 19.4 Å². The zero-order valence-corrected chi connectivity index (χ0v) is 21.7. The Hall–Kier alpha value is -3.23. The number of nitrogens with zero attached hydrogens (tertiary/aromatic N) is 1. The Morgan fingerprint density at radius 3 is 2.25 bits per heavy atom. The first-order valence-corrected chi connectivity index (χ1v) is 11.8. The molecule has 9 heteroatoms. The zero-order chi connectivity index (χ0) is 25.5. The number of hydrogen-bond donors (Lipinski definition) is 3. The van der Waals surface area contributed by atoms with E-state index in [0.717, 1.165) is 5.56 Å². The van der Waals surface area contributed by atoms with Crippen LogP contribution in [0.15, 0.2) is 59.5 Å². The molecule has 0 saturated carbocycles. The number of hydrogen-bond acceptors (Lipinski definition) is 6. The minimum atomic E-state index is -1.16. The predicted octanol–water partition coefficient (Wildman–Crippen LogP) is 3.92. The first-order chi connectivity index (χ1) is 16.7. The van der Waals surface area contributed by atoms with Gasteiger partial charge in [-0.05, 0) is 36.0 Å². The summed E-state index contributed by atoms with van der Waals surface area (Å²) in [5.74, 6) is -0.495. The number of aliphatic hydroxyl groups excluding tert-OH is 1. The number of pyridine rings is 1. The number of alkyl carbamates (subject to hydrolysis) is 1. The van der Waals surface area contributed by atoms with Gasteiger partial charge in [-0.25, -0.2) is 4.79 Å². The number of carbonyl (C=O) groups excluding carboxylic acids is 2. The molecule has 0 aliphatic rings. The van der Waals surface area contributed by atoms with E-state index in [-0.39, 0.29) is 36.3 Å². The monoisotopic (exact) mass is 515 g/mol. The minimum Gasteiger partial charge on any atom is -0.443 e. The number of benzene rings is 1. The number of amides is 2. The lowest BCUT2D eigenvalue weighted by atomic mass is 9.95. The normalized spacial score (nSPS) is 13.6. The van der Waals surface area contributed by atoms with Gasteiger partial charge in [0.15, 0.2) is 5.43 Å². The zero-order valence-electron chi connectivity index (χ0n) is 20.9. The van der Waals surface area contributed by atoms with E-state index in [1.54, 1.807) is 24.4 Å². The van der Waals surface area contributed by atoms with Gasteiger partial charge in [0.05, 0.1) is 11.7 Å². The minimum absolute atomic E-state index is 0. The SMILES string of the molecule is CC(C)C[C@H](NC(=O)OCc1ccccn1)C(=O)N[C@@H](C(C)C)[C@@H](O)c1c(-c2ccccc2)c1=O.Cl. The molecule has 1 aromatic heterocycles. The highest BCUT2D eigenvalue weighted by Gasteiger charge is 2.37. The molecule has 3 N–H and O–H groups in total. The summed E-state index contributed by atoms with van der Waals surface area (Å²) < 4.78 is 5.22. The van der Waals surface area contributed by atoms with Crippen LogP contribution in [0.3, 0.4) is 0 Å². The number of aliphatic hydroxyl groups is 1. The molecule has 0 fully saturated rings. The van der Waals surface area contributed by atoms with Crippen molar-refractivity contribution in [2.45, 2.75) is 58.9 Å². The van der Waals surface area contributed by atoms with Gasteiger partial charge in [-0.3, -0.25) is 14.6 Å². The Kier molecular flexibility index (Phi) is 10.6. The maximum atomic E-state index is 13.2. The van der Waals surface area contributed by atoms with E-state index in [1.807, 2.05) is 58.0 Å². The second-order valence-corrected chi connectivity index (χ2v) is 9.43. The van der Waals surface area contributed by atoms with E-state index < -0.39 is 30.2 Å². The molecule has 8 nitrogen and oxygen atoms in total. The van der Waals surface area contributed by atoms with Crippen LogP contribution in [-0.2, 0) is 16.1 Å². The molecule has 194 valence electrons. The van der Waals surface area contributed by atoms with Crippen LogP contribution in [0.2, 0.25) is 0 Å². The number of ether oxygens (including phenoxy) is 1. The van der Waals surface area contributed by atoms with Crippen molar-refractivity contribution in [2.75, 3.05) is 0 Å². The van der Waals surface area contributed by atoms with Crippen LogP contribution in [0, 0.1) is 11.8 Å². The molecule has 3 aromatic rings. The fourth-order valence-electron chi connectivity index (χ4n) is 3.92. The van der Waals surface area contributed by atoms with Gasteiger partial charge in [0.1, 0.15) is 18.8 Å². The molecular weight excluding hydrogens is 482 g/mol. The summed E-state index contributed by atoms with van der Waals surface area (Å²) in [6.45, 7) is 7.58. The molecule has 0 radical (unpaired) electrons. The van der Waals surface area contributed by atoms with Crippen molar-refractivity contribution in [1.82, 2.24) is 15.6 Å². The average molecular weight is 516 g/mol. The molecule has 2 aromatic carbocycles. The number of nitrogens with one attached hydrogen (secondary N) is 2. The Bertz CT molecular complexity index is 1130. The van der Waals surface area contributed by atoms with E-state index >= 15 is 0 Å². The highest BCUT2D eigenvalue weighted by molar-refractivity contribution is 5.86. The van der Waals surface area contributed by atoms with Gasteiger partial charge in [0, 0.05) is 17.3 Å². The number of carbonyl (C=O) groups is 2. The summed E-state index contributed by atoms with van der Waals surface area (Å²) in [6, 6.07) is 12.9. The predicted molar refractivity (Wildman–Crippen MR) is 140 cm³/mol. The summed E-state index contributed by atoms with van der Waals surface area (Å²) >= 11 is 0. The molecule has 1 heterocycles. The van der Waals surface area contributed by atoms with Crippen LogP contribution < -0.4 is 16.1 Å². The molecule has 0 saturated heterocycles. The van der Waals surface area contributed by atoms with Crippen LogP contribution in [0.1, 0.15) is 51.5 Å². The third-order valence-corrected chi connectivity index (χ3v) is 5.80. The van der Waals surface area contributed by atoms with Gasteiger partial charge < -0.3 is 20.5 Å². The van der Waals surface area contributed by atoms with Gasteiger partial charge in [-0.2, -0.15) is 0 Å². The van der Waals surface area contributed by atoms with Gasteiger partial charge in [0.2, 0.25) is 5.91 Å². The lowest BCUT2D eigenvalue weighted by Crippen LogP contribution is -2.52. The molecule has 0 bridgehead atoms. The van der Waals surface area contributed by atoms with E-state index in [4.69, 9.17) is 4.74 Å².